The highest BCUT2D eigenvalue weighted by atomic mass is 35.5. The third-order valence-corrected chi connectivity index (χ3v) is 2.35. The Labute approximate surface area is 78.7 Å². The minimum Gasteiger partial charge on any atom is -0.481 e. The zero-order chi connectivity index (χ0) is 8.32. The van der Waals surface area contributed by atoms with E-state index in [1.165, 1.54) is 6.42 Å². The first-order chi connectivity index (χ1) is 5.12. The Morgan fingerprint density at radius 1 is 1.33 bits per heavy atom. The highest BCUT2D eigenvalue weighted by molar-refractivity contribution is 5.85. The molecule has 1 aliphatic rings. The Morgan fingerprint density at radius 3 is 2.25 bits per heavy atom. The summed E-state index contributed by atoms with van der Waals surface area (Å²) >= 11 is 0. The fourth-order valence-electron chi connectivity index (χ4n) is 1.73. The molecule has 0 aromatic heterocycles. The van der Waals surface area contributed by atoms with Crippen molar-refractivity contribution in [3.05, 3.63) is 0 Å². The van der Waals surface area contributed by atoms with E-state index < -0.39 is 11.5 Å². The molecule has 1 saturated carbocycles. The summed E-state index contributed by atoms with van der Waals surface area (Å²) < 4.78 is 0. The molecule has 0 spiro atoms. The number of aliphatic carboxylic acids is 1. The largest absolute Gasteiger partial charge is 0.481 e. The fourth-order valence-corrected chi connectivity index (χ4v) is 1.73. The van der Waals surface area contributed by atoms with E-state index in [1.807, 2.05) is 0 Å². The molecule has 4 heteroatoms. The van der Waals surface area contributed by atoms with E-state index in [4.69, 9.17) is 10.8 Å². The van der Waals surface area contributed by atoms with E-state index in [0.29, 0.717) is 0 Å². The summed E-state index contributed by atoms with van der Waals surface area (Å²) in [7, 11) is 0. The molecular weight excluding hydrogens is 178 g/mol. The van der Waals surface area contributed by atoms with Crippen molar-refractivity contribution >= 4 is 18.4 Å². The first kappa shape index (κ1) is 11.7. The van der Waals surface area contributed by atoms with Crippen LogP contribution in [0.3, 0.4) is 0 Å². The Balaban J connectivity index is 0.00000121. The Bertz CT molecular complexity index is 155. The van der Waals surface area contributed by atoms with Gasteiger partial charge in [-0.25, -0.2) is 0 Å². The van der Waals surface area contributed by atoms with Gasteiger partial charge in [0.2, 0.25) is 0 Å². The van der Waals surface area contributed by atoms with Gasteiger partial charge in [-0.15, -0.1) is 12.4 Å². The van der Waals surface area contributed by atoms with Gasteiger partial charge >= 0.3 is 5.97 Å². The molecule has 0 aromatic carbocycles. The predicted octanol–water partition coefficient (Wildman–Crippen LogP) is 1.54. The standard InChI is InChI=1S/C8H15NO2.ClH/c9-8(6-7(10)11)4-2-1-3-5-8;/h1-6,9H2,(H,10,11);1H. The van der Waals surface area contributed by atoms with Gasteiger partial charge in [-0.1, -0.05) is 19.3 Å². The second-order valence-corrected chi connectivity index (χ2v) is 3.49. The zero-order valence-corrected chi connectivity index (χ0v) is 7.90. The summed E-state index contributed by atoms with van der Waals surface area (Å²) in [6.07, 6.45) is 5.26. The number of halogens is 1. The number of carboxylic acid groups (broad SMARTS) is 1. The molecule has 0 aliphatic heterocycles. The second-order valence-electron chi connectivity index (χ2n) is 3.49. The van der Waals surface area contributed by atoms with E-state index in [-0.39, 0.29) is 18.8 Å². The van der Waals surface area contributed by atoms with Gasteiger partial charge in [-0.3, -0.25) is 4.79 Å². The number of carboxylic acids is 1. The SMILES string of the molecule is Cl.NC1(CC(=O)O)CCCCC1. The maximum atomic E-state index is 10.4. The van der Waals surface area contributed by atoms with E-state index >= 15 is 0 Å². The lowest BCUT2D eigenvalue weighted by Crippen LogP contribution is -2.43. The van der Waals surface area contributed by atoms with Gasteiger partial charge in [0.25, 0.3) is 0 Å². The maximum absolute atomic E-state index is 10.4. The molecule has 0 unspecified atom stereocenters. The molecular formula is C8H16ClNO2. The first-order valence-corrected chi connectivity index (χ1v) is 4.13. The van der Waals surface area contributed by atoms with Crippen molar-refractivity contribution < 1.29 is 9.90 Å². The molecule has 0 atom stereocenters. The quantitative estimate of drug-likeness (QED) is 0.700. The molecule has 1 rings (SSSR count). The topological polar surface area (TPSA) is 63.3 Å². The van der Waals surface area contributed by atoms with Gasteiger partial charge in [0, 0.05) is 5.54 Å². The summed E-state index contributed by atoms with van der Waals surface area (Å²) in [5.74, 6) is -0.769. The predicted molar refractivity (Wildman–Crippen MR) is 49.5 cm³/mol. The van der Waals surface area contributed by atoms with Gasteiger partial charge < -0.3 is 10.8 Å². The lowest BCUT2D eigenvalue weighted by molar-refractivity contribution is -0.138. The van der Waals surface area contributed by atoms with E-state index in [2.05, 4.69) is 0 Å². The van der Waals surface area contributed by atoms with Crippen LogP contribution in [0.4, 0.5) is 0 Å². The average molecular weight is 194 g/mol. The maximum Gasteiger partial charge on any atom is 0.305 e. The van der Waals surface area contributed by atoms with Crippen LogP contribution in [0.2, 0.25) is 0 Å². The van der Waals surface area contributed by atoms with Crippen molar-refractivity contribution in [3.63, 3.8) is 0 Å². The minimum absolute atomic E-state index is 0. The minimum atomic E-state index is -0.769. The van der Waals surface area contributed by atoms with Gasteiger partial charge in [0.05, 0.1) is 6.42 Å². The lowest BCUT2D eigenvalue weighted by Gasteiger charge is -2.31. The molecule has 0 heterocycles. The molecule has 12 heavy (non-hydrogen) atoms. The van der Waals surface area contributed by atoms with Crippen LogP contribution in [0.5, 0.6) is 0 Å². The van der Waals surface area contributed by atoms with Crippen molar-refractivity contribution in [3.8, 4) is 0 Å². The third kappa shape index (κ3) is 3.41. The van der Waals surface area contributed by atoms with E-state index in [9.17, 15) is 4.79 Å². The molecule has 0 aromatic rings. The molecule has 0 bridgehead atoms. The van der Waals surface area contributed by atoms with Crippen molar-refractivity contribution in [1.82, 2.24) is 0 Å². The molecule has 1 fully saturated rings. The third-order valence-electron chi connectivity index (χ3n) is 2.35. The van der Waals surface area contributed by atoms with Crippen LogP contribution >= 0.6 is 12.4 Å². The second kappa shape index (κ2) is 4.67. The van der Waals surface area contributed by atoms with Crippen LogP contribution in [0.15, 0.2) is 0 Å². The number of carbonyl (C=O) groups is 1. The normalized spacial score (nSPS) is 21.1. The molecule has 0 saturated heterocycles. The zero-order valence-electron chi connectivity index (χ0n) is 7.08. The number of rotatable bonds is 2. The van der Waals surface area contributed by atoms with E-state index in [1.54, 1.807) is 0 Å². The van der Waals surface area contributed by atoms with Gasteiger partial charge in [-0.05, 0) is 12.8 Å². The molecule has 0 amide bonds. The molecule has 72 valence electrons. The summed E-state index contributed by atoms with van der Waals surface area (Å²) in [5, 5.41) is 8.55. The summed E-state index contributed by atoms with van der Waals surface area (Å²) in [6.45, 7) is 0. The van der Waals surface area contributed by atoms with Crippen molar-refractivity contribution in [2.24, 2.45) is 5.73 Å². The Hall–Kier alpha value is -0.280. The van der Waals surface area contributed by atoms with Crippen molar-refractivity contribution in [1.29, 1.82) is 0 Å². The van der Waals surface area contributed by atoms with Crippen molar-refractivity contribution in [2.45, 2.75) is 44.1 Å². The lowest BCUT2D eigenvalue weighted by atomic mass is 9.80. The smallest absolute Gasteiger partial charge is 0.305 e. The van der Waals surface area contributed by atoms with Crippen LogP contribution in [0.25, 0.3) is 0 Å². The molecule has 3 nitrogen and oxygen atoms in total. The Morgan fingerprint density at radius 2 is 1.83 bits per heavy atom. The summed E-state index contributed by atoms with van der Waals surface area (Å²) in [6, 6.07) is 0. The molecule has 0 radical (unpaired) electrons. The Kier molecular flexibility index (Phi) is 4.57. The van der Waals surface area contributed by atoms with Crippen LogP contribution in [-0.4, -0.2) is 16.6 Å². The van der Waals surface area contributed by atoms with Crippen LogP contribution in [0.1, 0.15) is 38.5 Å². The highest BCUT2D eigenvalue weighted by Crippen LogP contribution is 2.28. The van der Waals surface area contributed by atoms with Crippen LogP contribution < -0.4 is 5.73 Å². The summed E-state index contributed by atoms with van der Waals surface area (Å²) in [4.78, 5) is 10.4. The number of hydrogen-bond acceptors (Lipinski definition) is 2. The first-order valence-electron chi connectivity index (χ1n) is 4.13. The van der Waals surface area contributed by atoms with Gasteiger partial charge in [0.15, 0.2) is 0 Å². The van der Waals surface area contributed by atoms with E-state index in [0.717, 1.165) is 25.7 Å². The van der Waals surface area contributed by atoms with Crippen molar-refractivity contribution in [2.75, 3.05) is 0 Å². The van der Waals surface area contributed by atoms with Crippen LogP contribution in [-0.2, 0) is 4.79 Å². The van der Waals surface area contributed by atoms with Gasteiger partial charge in [-0.2, -0.15) is 0 Å². The summed E-state index contributed by atoms with van der Waals surface area (Å²) in [5.41, 5.74) is 5.48. The highest BCUT2D eigenvalue weighted by Gasteiger charge is 2.29. The van der Waals surface area contributed by atoms with Crippen LogP contribution in [0, 0.1) is 0 Å². The molecule has 3 N–H and O–H groups in total. The number of nitrogens with two attached hydrogens (primary N) is 1. The molecule has 1 aliphatic carbocycles. The van der Waals surface area contributed by atoms with Gasteiger partial charge in [0.1, 0.15) is 0 Å². The number of hydrogen-bond donors (Lipinski definition) is 2. The monoisotopic (exact) mass is 193 g/mol. The average Bonchev–Trinajstić information content (AvgIpc) is 1.85. The fraction of sp³-hybridized carbons (Fsp3) is 0.875.